The molecule has 2 rings (SSSR count). The molecule has 1 N–H and O–H groups in total. The van der Waals surface area contributed by atoms with Gasteiger partial charge in [-0.25, -0.2) is 4.79 Å². The highest BCUT2D eigenvalue weighted by molar-refractivity contribution is 8.00. The number of thioether (sulfide) groups is 1. The molecule has 0 aliphatic heterocycles. The fourth-order valence-corrected chi connectivity index (χ4v) is 6.05. The second-order valence-corrected chi connectivity index (χ2v) is 8.67. The summed E-state index contributed by atoms with van der Waals surface area (Å²) in [6.45, 7) is 10.8. The molecule has 4 atom stereocenters. The van der Waals surface area contributed by atoms with E-state index in [1.54, 1.807) is 6.92 Å². The van der Waals surface area contributed by atoms with Crippen molar-refractivity contribution >= 4 is 23.6 Å². The van der Waals surface area contributed by atoms with Gasteiger partial charge in [0.25, 0.3) is 0 Å². The molecule has 1 amide bonds. The minimum atomic E-state index is -0.534. The quantitative estimate of drug-likeness (QED) is 0.762. The van der Waals surface area contributed by atoms with Gasteiger partial charge < -0.3 is 10.1 Å². The molecule has 0 aromatic rings. The monoisotopic (exact) mass is 327 g/mol. The van der Waals surface area contributed by atoms with Crippen LogP contribution in [0.25, 0.3) is 0 Å². The van der Waals surface area contributed by atoms with Crippen LogP contribution < -0.4 is 5.32 Å². The van der Waals surface area contributed by atoms with E-state index < -0.39 is 6.04 Å². The topological polar surface area (TPSA) is 55.4 Å². The summed E-state index contributed by atoms with van der Waals surface area (Å²) in [4.78, 5) is 23.3. The van der Waals surface area contributed by atoms with Crippen molar-refractivity contribution in [3.05, 3.63) is 0 Å². The average Bonchev–Trinajstić information content (AvgIpc) is 2.76. The molecule has 2 aliphatic rings. The molecule has 0 heterocycles. The Balaban J connectivity index is 1.98. The number of esters is 1. The number of hydrogen-bond donors (Lipinski definition) is 1. The Morgan fingerprint density at radius 3 is 2.50 bits per heavy atom. The molecule has 3 unspecified atom stereocenters. The summed E-state index contributed by atoms with van der Waals surface area (Å²) < 4.78 is 5.08. The maximum Gasteiger partial charge on any atom is 0.329 e. The molecule has 5 heteroatoms. The van der Waals surface area contributed by atoms with E-state index in [-0.39, 0.29) is 11.9 Å². The van der Waals surface area contributed by atoms with Crippen LogP contribution in [0.1, 0.15) is 53.9 Å². The van der Waals surface area contributed by atoms with Crippen LogP contribution in [0, 0.1) is 16.7 Å². The van der Waals surface area contributed by atoms with E-state index in [9.17, 15) is 9.59 Å². The van der Waals surface area contributed by atoms with Crippen molar-refractivity contribution in [3.63, 3.8) is 0 Å². The Labute approximate surface area is 138 Å². The zero-order chi connectivity index (χ0) is 16.5. The van der Waals surface area contributed by atoms with Gasteiger partial charge in [-0.2, -0.15) is 11.8 Å². The molecule has 0 aromatic heterocycles. The van der Waals surface area contributed by atoms with Crippen LogP contribution in [0.5, 0.6) is 0 Å². The summed E-state index contributed by atoms with van der Waals surface area (Å²) in [5, 5.41) is 3.29. The number of nitrogens with one attached hydrogen (secondary N) is 1. The van der Waals surface area contributed by atoms with Crippen LogP contribution in [0.4, 0.5) is 0 Å². The van der Waals surface area contributed by atoms with Crippen LogP contribution in [-0.2, 0) is 14.3 Å². The smallest absolute Gasteiger partial charge is 0.329 e. The van der Waals surface area contributed by atoms with Crippen LogP contribution >= 0.6 is 11.8 Å². The van der Waals surface area contributed by atoms with Gasteiger partial charge in [0.1, 0.15) is 6.04 Å². The molecule has 0 radical (unpaired) electrons. The Morgan fingerprint density at radius 2 is 2.05 bits per heavy atom. The molecule has 2 fully saturated rings. The summed E-state index contributed by atoms with van der Waals surface area (Å²) in [6.07, 6.45) is 3.82. The first-order valence-corrected chi connectivity index (χ1v) is 9.32. The Hall–Kier alpha value is -0.710. The second-order valence-electron chi connectivity index (χ2n) is 7.44. The maximum absolute atomic E-state index is 12.0. The molecule has 2 aliphatic carbocycles. The standard InChI is InChI=1S/C17H29NO3S/c1-6-21-15(20)13(18-11(2)19)10-22-14-9-12-7-8-17(14,5)16(12,3)4/h12-14H,6-10H2,1-5H3,(H,18,19)/t12?,13-,14?,17?/m0/s1. The van der Waals surface area contributed by atoms with Crippen molar-refractivity contribution < 1.29 is 14.3 Å². The molecule has 0 aromatic carbocycles. The molecule has 126 valence electrons. The number of amides is 1. The van der Waals surface area contributed by atoms with E-state index in [4.69, 9.17) is 4.74 Å². The van der Waals surface area contributed by atoms with E-state index in [0.717, 1.165) is 5.92 Å². The number of fused-ring (bicyclic) bond motifs is 2. The number of carbonyl (C=O) groups excluding carboxylic acids is 2. The number of ether oxygens (including phenoxy) is 1. The van der Waals surface area contributed by atoms with Crippen molar-refractivity contribution in [3.8, 4) is 0 Å². The normalized spacial score (nSPS) is 33.5. The summed E-state index contributed by atoms with van der Waals surface area (Å²) in [5.41, 5.74) is 0.704. The minimum absolute atomic E-state index is 0.182. The van der Waals surface area contributed by atoms with Crippen LogP contribution in [0.2, 0.25) is 0 Å². The number of rotatable bonds is 6. The third-order valence-electron chi connectivity index (χ3n) is 6.13. The van der Waals surface area contributed by atoms with E-state index in [2.05, 4.69) is 26.1 Å². The molecular formula is C17H29NO3S. The summed E-state index contributed by atoms with van der Waals surface area (Å²) in [5.74, 6) is 0.884. The van der Waals surface area contributed by atoms with E-state index in [1.165, 1.54) is 26.2 Å². The minimum Gasteiger partial charge on any atom is -0.464 e. The van der Waals surface area contributed by atoms with Gasteiger partial charge in [0.2, 0.25) is 5.91 Å². The maximum atomic E-state index is 12.0. The van der Waals surface area contributed by atoms with Gasteiger partial charge in [-0.05, 0) is 42.9 Å². The first-order valence-electron chi connectivity index (χ1n) is 8.27. The zero-order valence-corrected chi connectivity index (χ0v) is 15.2. The Kier molecular flexibility index (Phi) is 5.15. The van der Waals surface area contributed by atoms with Crippen LogP contribution in [-0.4, -0.2) is 35.5 Å². The predicted molar refractivity (Wildman–Crippen MR) is 89.7 cm³/mol. The van der Waals surface area contributed by atoms with Crippen molar-refractivity contribution in [1.29, 1.82) is 0 Å². The lowest BCUT2D eigenvalue weighted by atomic mass is 9.71. The average molecular weight is 327 g/mol. The van der Waals surface area contributed by atoms with Gasteiger partial charge in [0.15, 0.2) is 0 Å². The van der Waals surface area contributed by atoms with Gasteiger partial charge in [-0.15, -0.1) is 0 Å². The van der Waals surface area contributed by atoms with Gasteiger partial charge in [-0.3, -0.25) is 4.79 Å². The SMILES string of the molecule is CCOC(=O)[C@H](CSC1CC2CCC1(C)C2(C)C)NC(C)=O. The molecule has 4 nitrogen and oxygen atoms in total. The molecular weight excluding hydrogens is 298 g/mol. The largest absolute Gasteiger partial charge is 0.464 e. The lowest BCUT2D eigenvalue weighted by Crippen LogP contribution is -2.43. The van der Waals surface area contributed by atoms with Gasteiger partial charge in [-0.1, -0.05) is 20.8 Å². The number of hydrogen-bond acceptors (Lipinski definition) is 4. The summed E-state index contributed by atoms with van der Waals surface area (Å²) >= 11 is 1.84. The van der Waals surface area contributed by atoms with E-state index in [0.29, 0.717) is 28.4 Å². The highest BCUT2D eigenvalue weighted by Crippen LogP contribution is 2.68. The van der Waals surface area contributed by atoms with Crippen molar-refractivity contribution in [1.82, 2.24) is 5.32 Å². The molecule has 2 bridgehead atoms. The predicted octanol–water partition coefficient (Wildman–Crippen LogP) is 3.00. The van der Waals surface area contributed by atoms with E-state index >= 15 is 0 Å². The van der Waals surface area contributed by atoms with Gasteiger partial charge >= 0.3 is 5.97 Å². The first kappa shape index (κ1) is 17.6. The summed E-state index contributed by atoms with van der Waals surface area (Å²) in [6, 6.07) is -0.534. The highest BCUT2D eigenvalue weighted by Gasteiger charge is 2.61. The van der Waals surface area contributed by atoms with Gasteiger partial charge in [0, 0.05) is 17.9 Å². The highest BCUT2D eigenvalue weighted by atomic mass is 32.2. The van der Waals surface area contributed by atoms with Gasteiger partial charge in [0.05, 0.1) is 6.61 Å². The zero-order valence-electron chi connectivity index (χ0n) is 14.4. The molecule has 0 saturated heterocycles. The van der Waals surface area contributed by atoms with Crippen LogP contribution in [0.3, 0.4) is 0 Å². The third-order valence-corrected chi connectivity index (χ3v) is 7.77. The fraction of sp³-hybridized carbons (Fsp3) is 0.882. The van der Waals surface area contributed by atoms with Crippen LogP contribution in [0.15, 0.2) is 0 Å². The van der Waals surface area contributed by atoms with Crippen molar-refractivity contribution in [2.45, 2.75) is 65.2 Å². The summed E-state index contributed by atoms with van der Waals surface area (Å²) in [7, 11) is 0. The first-order chi connectivity index (χ1) is 10.2. The van der Waals surface area contributed by atoms with Crippen molar-refractivity contribution in [2.24, 2.45) is 16.7 Å². The van der Waals surface area contributed by atoms with Crippen molar-refractivity contribution in [2.75, 3.05) is 12.4 Å². The second kappa shape index (κ2) is 6.42. The lowest BCUT2D eigenvalue weighted by molar-refractivity contribution is -0.146. The number of carbonyl (C=O) groups is 2. The third kappa shape index (κ3) is 3.01. The van der Waals surface area contributed by atoms with E-state index in [1.807, 2.05) is 11.8 Å². The Bertz CT molecular complexity index is 451. The lowest BCUT2D eigenvalue weighted by Gasteiger charge is -2.39. The molecule has 0 spiro atoms. The fourth-order valence-electron chi connectivity index (χ4n) is 4.25. The Morgan fingerprint density at radius 1 is 1.36 bits per heavy atom. The molecule has 2 saturated carbocycles. The molecule has 22 heavy (non-hydrogen) atoms.